The van der Waals surface area contributed by atoms with E-state index in [0.29, 0.717) is 25.2 Å². The van der Waals surface area contributed by atoms with Crippen LogP contribution < -0.4 is 5.32 Å². The summed E-state index contributed by atoms with van der Waals surface area (Å²) in [4.78, 5) is 26.4. The van der Waals surface area contributed by atoms with E-state index in [4.69, 9.17) is 4.74 Å². The van der Waals surface area contributed by atoms with Gasteiger partial charge in [-0.05, 0) is 46.2 Å². The molecule has 0 atom stereocenters. The minimum atomic E-state index is -0.537. The van der Waals surface area contributed by atoms with E-state index < -0.39 is 5.60 Å². The number of hydrogen-bond acceptors (Lipinski definition) is 4. The number of ether oxygens (including phenoxy) is 1. The Morgan fingerprint density at radius 1 is 1.23 bits per heavy atom. The van der Waals surface area contributed by atoms with E-state index in [0.717, 1.165) is 22.5 Å². The fraction of sp³-hybridized carbons (Fsp3) is 0.421. The number of rotatable bonds is 2. The lowest BCUT2D eigenvalue weighted by molar-refractivity contribution is 0.0221. The van der Waals surface area contributed by atoms with Crippen molar-refractivity contribution >= 4 is 17.7 Å². The van der Waals surface area contributed by atoms with Crippen molar-refractivity contribution in [2.45, 2.75) is 46.3 Å². The van der Waals surface area contributed by atoms with Crippen LogP contribution in [-0.2, 0) is 17.7 Å². The van der Waals surface area contributed by atoms with Gasteiger partial charge in [0.05, 0.1) is 12.2 Å². The number of aryl methyl sites for hydroxylation is 1. The number of nitrogens with zero attached hydrogens (tertiary/aromatic N) is 2. The predicted octanol–water partition coefficient (Wildman–Crippen LogP) is 3.26. The standard InChI is InChI=1S/C19H24N4O3/c1-12-5-7-13(8-6-12)20-17(24)16-14-9-10-23(11-15(14)21-22-16)18(25)26-19(2,3)4/h5-8H,9-11H2,1-4H3,(H,20,24)(H,21,22). The highest BCUT2D eigenvalue weighted by Crippen LogP contribution is 2.23. The first-order chi connectivity index (χ1) is 12.2. The molecule has 7 nitrogen and oxygen atoms in total. The van der Waals surface area contributed by atoms with Crippen LogP contribution in [0.15, 0.2) is 24.3 Å². The van der Waals surface area contributed by atoms with Crippen LogP contribution in [0.1, 0.15) is 48.1 Å². The molecule has 2 heterocycles. The van der Waals surface area contributed by atoms with Gasteiger partial charge in [-0.3, -0.25) is 9.89 Å². The number of H-pyrrole nitrogens is 1. The van der Waals surface area contributed by atoms with Crippen LogP contribution in [0.4, 0.5) is 10.5 Å². The number of nitrogens with one attached hydrogen (secondary N) is 2. The van der Waals surface area contributed by atoms with E-state index in [1.54, 1.807) is 4.90 Å². The van der Waals surface area contributed by atoms with Gasteiger partial charge >= 0.3 is 6.09 Å². The Morgan fingerprint density at radius 3 is 2.58 bits per heavy atom. The quantitative estimate of drug-likeness (QED) is 0.864. The van der Waals surface area contributed by atoms with Crippen molar-refractivity contribution in [2.75, 3.05) is 11.9 Å². The van der Waals surface area contributed by atoms with E-state index in [9.17, 15) is 9.59 Å². The minimum Gasteiger partial charge on any atom is -0.444 e. The molecule has 1 aliphatic rings. The van der Waals surface area contributed by atoms with Crippen LogP contribution in [0.5, 0.6) is 0 Å². The van der Waals surface area contributed by atoms with Gasteiger partial charge in [-0.25, -0.2) is 4.79 Å². The molecule has 2 N–H and O–H groups in total. The summed E-state index contributed by atoms with van der Waals surface area (Å²) in [5.74, 6) is -0.253. The van der Waals surface area contributed by atoms with Crippen LogP contribution in [0.25, 0.3) is 0 Å². The van der Waals surface area contributed by atoms with Gasteiger partial charge in [0.25, 0.3) is 5.91 Å². The lowest BCUT2D eigenvalue weighted by atomic mass is 10.0. The summed E-state index contributed by atoms with van der Waals surface area (Å²) >= 11 is 0. The van der Waals surface area contributed by atoms with Crippen LogP contribution in [-0.4, -0.2) is 39.2 Å². The first-order valence-corrected chi connectivity index (χ1v) is 8.65. The number of aromatic amines is 1. The maximum Gasteiger partial charge on any atom is 0.410 e. The Bertz CT molecular complexity index is 818. The fourth-order valence-corrected chi connectivity index (χ4v) is 2.82. The van der Waals surface area contributed by atoms with Gasteiger partial charge in [-0.15, -0.1) is 0 Å². The second-order valence-electron chi connectivity index (χ2n) is 7.50. The first-order valence-electron chi connectivity index (χ1n) is 8.65. The molecule has 26 heavy (non-hydrogen) atoms. The smallest absolute Gasteiger partial charge is 0.410 e. The first kappa shape index (κ1) is 18.0. The Kier molecular flexibility index (Phi) is 4.71. The topological polar surface area (TPSA) is 87.3 Å². The number of amides is 2. The third-order valence-corrected chi connectivity index (χ3v) is 4.11. The number of benzene rings is 1. The van der Waals surface area contributed by atoms with Gasteiger partial charge in [0, 0.05) is 17.8 Å². The Morgan fingerprint density at radius 2 is 1.92 bits per heavy atom. The Balaban J connectivity index is 1.70. The average Bonchev–Trinajstić information content (AvgIpc) is 2.98. The van der Waals surface area contributed by atoms with Gasteiger partial charge in [-0.2, -0.15) is 5.10 Å². The number of carbonyl (C=O) groups excluding carboxylic acids is 2. The van der Waals surface area contributed by atoms with Crippen LogP contribution in [0.3, 0.4) is 0 Å². The van der Waals surface area contributed by atoms with E-state index in [1.807, 2.05) is 52.0 Å². The number of aromatic nitrogens is 2. The van der Waals surface area contributed by atoms with Crippen molar-refractivity contribution in [1.82, 2.24) is 15.1 Å². The summed E-state index contributed by atoms with van der Waals surface area (Å²) < 4.78 is 5.41. The molecule has 1 aromatic carbocycles. The molecule has 2 aromatic rings. The highest BCUT2D eigenvalue weighted by atomic mass is 16.6. The van der Waals surface area contributed by atoms with Gasteiger partial charge < -0.3 is 15.0 Å². The summed E-state index contributed by atoms with van der Waals surface area (Å²) in [6.45, 7) is 8.35. The second kappa shape index (κ2) is 6.82. The Labute approximate surface area is 152 Å². The minimum absolute atomic E-state index is 0.253. The molecule has 3 rings (SSSR count). The maximum atomic E-state index is 12.5. The normalized spacial score (nSPS) is 13.9. The molecule has 0 spiro atoms. The zero-order valence-electron chi connectivity index (χ0n) is 15.5. The number of fused-ring (bicyclic) bond motifs is 1. The van der Waals surface area contributed by atoms with Crippen LogP contribution in [0.2, 0.25) is 0 Å². The molecule has 138 valence electrons. The SMILES string of the molecule is Cc1ccc(NC(=O)c2n[nH]c3c2CCN(C(=O)OC(C)(C)C)C3)cc1. The molecule has 0 saturated heterocycles. The van der Waals surface area contributed by atoms with E-state index in [-0.39, 0.29) is 12.0 Å². The molecular formula is C19H24N4O3. The van der Waals surface area contributed by atoms with Crippen molar-refractivity contribution < 1.29 is 14.3 Å². The van der Waals surface area contributed by atoms with Crippen molar-refractivity contribution in [3.8, 4) is 0 Å². The van der Waals surface area contributed by atoms with Crippen LogP contribution >= 0.6 is 0 Å². The molecule has 0 aliphatic carbocycles. The zero-order chi connectivity index (χ0) is 18.9. The summed E-state index contributed by atoms with van der Waals surface area (Å²) in [5.41, 5.74) is 3.32. The summed E-state index contributed by atoms with van der Waals surface area (Å²) in [6, 6.07) is 7.59. The highest BCUT2D eigenvalue weighted by molar-refractivity contribution is 6.04. The predicted molar refractivity (Wildman–Crippen MR) is 98.1 cm³/mol. The monoisotopic (exact) mass is 356 g/mol. The van der Waals surface area contributed by atoms with Crippen molar-refractivity contribution in [3.05, 3.63) is 46.8 Å². The van der Waals surface area contributed by atoms with E-state index in [1.165, 1.54) is 0 Å². The third-order valence-electron chi connectivity index (χ3n) is 4.11. The summed E-state index contributed by atoms with van der Waals surface area (Å²) in [6.07, 6.45) is 0.199. The molecule has 0 radical (unpaired) electrons. The van der Waals surface area contributed by atoms with Crippen molar-refractivity contribution in [3.63, 3.8) is 0 Å². The summed E-state index contributed by atoms with van der Waals surface area (Å²) in [5, 5.41) is 9.91. The molecule has 0 fully saturated rings. The van der Waals surface area contributed by atoms with Gasteiger partial charge in [0.1, 0.15) is 5.60 Å². The largest absolute Gasteiger partial charge is 0.444 e. The molecule has 0 saturated carbocycles. The number of carbonyl (C=O) groups is 2. The maximum absolute atomic E-state index is 12.5. The molecule has 0 bridgehead atoms. The lowest BCUT2D eigenvalue weighted by Gasteiger charge is -2.29. The third kappa shape index (κ3) is 4.04. The zero-order valence-corrected chi connectivity index (χ0v) is 15.5. The van der Waals surface area contributed by atoms with Gasteiger partial charge in [-0.1, -0.05) is 17.7 Å². The Hall–Kier alpha value is -2.83. The second-order valence-corrected chi connectivity index (χ2v) is 7.50. The summed E-state index contributed by atoms with van der Waals surface area (Å²) in [7, 11) is 0. The molecule has 1 aromatic heterocycles. The van der Waals surface area contributed by atoms with E-state index >= 15 is 0 Å². The average molecular weight is 356 g/mol. The van der Waals surface area contributed by atoms with Gasteiger partial charge in [0.15, 0.2) is 5.69 Å². The highest BCUT2D eigenvalue weighted by Gasteiger charge is 2.29. The number of hydrogen-bond donors (Lipinski definition) is 2. The van der Waals surface area contributed by atoms with Gasteiger partial charge in [0.2, 0.25) is 0 Å². The molecular weight excluding hydrogens is 332 g/mol. The van der Waals surface area contributed by atoms with E-state index in [2.05, 4.69) is 15.5 Å². The fourth-order valence-electron chi connectivity index (χ4n) is 2.82. The molecule has 7 heteroatoms. The molecule has 1 aliphatic heterocycles. The van der Waals surface area contributed by atoms with Crippen LogP contribution in [0, 0.1) is 6.92 Å². The van der Waals surface area contributed by atoms with Crippen molar-refractivity contribution in [2.24, 2.45) is 0 Å². The molecule has 0 unspecified atom stereocenters. The van der Waals surface area contributed by atoms with Crippen molar-refractivity contribution in [1.29, 1.82) is 0 Å². The lowest BCUT2D eigenvalue weighted by Crippen LogP contribution is -2.40. The molecule has 2 amide bonds. The number of anilines is 1.